The Morgan fingerprint density at radius 1 is 1.04 bits per heavy atom. The Morgan fingerprint density at radius 3 is 2.46 bits per heavy atom. The lowest BCUT2D eigenvalue weighted by atomic mass is 10.1. The van der Waals surface area contributed by atoms with Gasteiger partial charge < -0.3 is 14.7 Å². The number of carbonyl (C=O) groups excluding carboxylic acids is 1. The van der Waals surface area contributed by atoms with Gasteiger partial charge in [0.25, 0.3) is 5.91 Å². The molecule has 0 aromatic heterocycles. The van der Waals surface area contributed by atoms with Crippen LogP contribution in [-0.4, -0.2) is 66.9 Å². The molecule has 6 heteroatoms. The van der Waals surface area contributed by atoms with E-state index in [0.717, 1.165) is 37.4 Å². The maximum atomic E-state index is 13.0. The van der Waals surface area contributed by atoms with Crippen molar-refractivity contribution in [3.8, 4) is 0 Å². The summed E-state index contributed by atoms with van der Waals surface area (Å²) in [5.41, 5.74) is 2.37. The number of hydrogen-bond donors (Lipinski definition) is 1. The summed E-state index contributed by atoms with van der Waals surface area (Å²) < 4.78 is 6.16. The molecule has 148 valence electrons. The Bertz CT molecular complexity index is 806. The minimum absolute atomic E-state index is 0.0496. The average molecular weight is 381 g/mol. The maximum Gasteiger partial charge on any atom is 0.261 e. The van der Waals surface area contributed by atoms with Gasteiger partial charge in [0.1, 0.15) is 6.23 Å². The van der Waals surface area contributed by atoms with Crippen molar-refractivity contribution < 1.29 is 14.6 Å². The van der Waals surface area contributed by atoms with Crippen molar-refractivity contribution in [1.82, 2.24) is 9.80 Å². The Hall–Kier alpha value is -2.25. The summed E-state index contributed by atoms with van der Waals surface area (Å²) in [7, 11) is 2.10. The van der Waals surface area contributed by atoms with Crippen LogP contribution in [0.25, 0.3) is 0 Å². The van der Waals surface area contributed by atoms with Gasteiger partial charge in [-0.1, -0.05) is 36.4 Å². The van der Waals surface area contributed by atoms with E-state index in [1.807, 2.05) is 54.6 Å². The zero-order valence-corrected chi connectivity index (χ0v) is 16.2. The fraction of sp³-hybridized carbons (Fsp3) is 0.409. The van der Waals surface area contributed by atoms with Gasteiger partial charge in [0.15, 0.2) is 6.23 Å². The molecule has 0 spiro atoms. The smallest absolute Gasteiger partial charge is 0.261 e. The molecule has 0 saturated carbocycles. The molecule has 2 aromatic carbocycles. The number of para-hydroxylation sites is 1. The Kier molecular flexibility index (Phi) is 5.73. The number of nitrogens with zero attached hydrogens (tertiary/aromatic N) is 3. The van der Waals surface area contributed by atoms with Crippen LogP contribution in [0.4, 0.5) is 5.69 Å². The summed E-state index contributed by atoms with van der Waals surface area (Å²) in [4.78, 5) is 19.0. The molecule has 0 bridgehead atoms. The minimum atomic E-state index is -0.522. The largest absolute Gasteiger partial charge is 0.378 e. The van der Waals surface area contributed by atoms with Crippen LogP contribution in [0, 0.1) is 0 Å². The van der Waals surface area contributed by atoms with Crippen LogP contribution in [0.1, 0.15) is 28.6 Å². The van der Waals surface area contributed by atoms with Gasteiger partial charge in [-0.3, -0.25) is 14.6 Å². The molecule has 28 heavy (non-hydrogen) atoms. The molecular formula is C22H27N3O3. The molecule has 1 amide bonds. The van der Waals surface area contributed by atoms with Crippen molar-refractivity contribution in [2.45, 2.75) is 18.9 Å². The number of aliphatic hydroxyl groups excluding tert-OH is 1. The van der Waals surface area contributed by atoms with Crippen molar-refractivity contribution in [2.24, 2.45) is 0 Å². The van der Waals surface area contributed by atoms with Crippen LogP contribution in [-0.2, 0) is 4.74 Å². The van der Waals surface area contributed by atoms with E-state index in [0.29, 0.717) is 18.6 Å². The van der Waals surface area contributed by atoms with Crippen molar-refractivity contribution in [2.75, 3.05) is 44.7 Å². The first kappa shape index (κ1) is 19.1. The number of amides is 1. The molecule has 0 aliphatic carbocycles. The number of rotatable bonds is 6. The first-order chi connectivity index (χ1) is 13.6. The number of carbonyl (C=O) groups is 1. The highest BCUT2D eigenvalue weighted by Gasteiger charge is 2.38. The molecule has 6 nitrogen and oxygen atoms in total. The lowest BCUT2D eigenvalue weighted by Gasteiger charge is -2.35. The normalized spacial score (nSPS) is 21.7. The third-order valence-corrected chi connectivity index (χ3v) is 5.56. The van der Waals surface area contributed by atoms with Crippen molar-refractivity contribution in [3.63, 3.8) is 0 Å². The highest BCUT2D eigenvalue weighted by Crippen LogP contribution is 2.38. The second-order valence-electron chi connectivity index (χ2n) is 7.43. The summed E-state index contributed by atoms with van der Waals surface area (Å²) >= 11 is 0. The lowest BCUT2D eigenvalue weighted by molar-refractivity contribution is -0.0498. The van der Waals surface area contributed by atoms with Crippen LogP contribution in [0.2, 0.25) is 0 Å². The second kappa shape index (κ2) is 8.41. The molecule has 2 heterocycles. The number of aliphatic hydroxyl groups is 1. The monoisotopic (exact) mass is 381 g/mol. The molecular weight excluding hydrogens is 354 g/mol. The SMILES string of the molecule is CN1CCN(C(O)CCOC2c3ccccc3C(=O)N2c2ccccc2)CC1. The topological polar surface area (TPSA) is 56.2 Å². The van der Waals surface area contributed by atoms with E-state index in [9.17, 15) is 9.90 Å². The van der Waals surface area contributed by atoms with E-state index in [2.05, 4.69) is 16.8 Å². The summed E-state index contributed by atoms with van der Waals surface area (Å²) in [6, 6.07) is 17.2. The number of hydrogen-bond acceptors (Lipinski definition) is 5. The maximum absolute atomic E-state index is 13.0. The van der Waals surface area contributed by atoms with Gasteiger partial charge in [-0.15, -0.1) is 0 Å². The molecule has 2 aliphatic heterocycles. The lowest BCUT2D eigenvalue weighted by Crippen LogP contribution is -2.49. The Labute approximate surface area is 165 Å². The summed E-state index contributed by atoms with van der Waals surface area (Å²) in [5, 5.41) is 10.5. The van der Waals surface area contributed by atoms with E-state index < -0.39 is 12.5 Å². The van der Waals surface area contributed by atoms with Gasteiger partial charge in [-0.25, -0.2) is 0 Å². The number of ether oxygens (including phenoxy) is 1. The van der Waals surface area contributed by atoms with Crippen LogP contribution in [0.3, 0.4) is 0 Å². The number of benzene rings is 2. The number of piperazine rings is 1. The zero-order valence-electron chi connectivity index (χ0n) is 16.2. The van der Waals surface area contributed by atoms with E-state index >= 15 is 0 Å². The fourth-order valence-corrected chi connectivity index (χ4v) is 3.88. The molecule has 1 fully saturated rings. The van der Waals surface area contributed by atoms with E-state index in [-0.39, 0.29) is 5.91 Å². The summed E-state index contributed by atoms with van der Waals surface area (Å²) in [6.07, 6.45) is -0.476. The second-order valence-corrected chi connectivity index (χ2v) is 7.43. The highest BCUT2D eigenvalue weighted by molar-refractivity contribution is 6.10. The van der Waals surface area contributed by atoms with Gasteiger partial charge in [0.05, 0.1) is 6.61 Å². The predicted molar refractivity (Wildman–Crippen MR) is 108 cm³/mol. The van der Waals surface area contributed by atoms with E-state index in [4.69, 9.17) is 4.74 Å². The molecule has 2 atom stereocenters. The fourth-order valence-electron chi connectivity index (χ4n) is 3.88. The van der Waals surface area contributed by atoms with Crippen LogP contribution in [0.5, 0.6) is 0 Å². The Balaban J connectivity index is 1.44. The van der Waals surface area contributed by atoms with Crippen molar-refractivity contribution >= 4 is 11.6 Å². The molecule has 2 aliphatic rings. The van der Waals surface area contributed by atoms with Gasteiger partial charge in [-0.2, -0.15) is 0 Å². The van der Waals surface area contributed by atoms with Crippen LogP contribution < -0.4 is 4.90 Å². The third-order valence-electron chi connectivity index (χ3n) is 5.56. The van der Waals surface area contributed by atoms with E-state index in [1.165, 1.54) is 0 Å². The van der Waals surface area contributed by atoms with Gasteiger partial charge in [0.2, 0.25) is 0 Å². The molecule has 1 N–H and O–H groups in total. The molecule has 1 saturated heterocycles. The van der Waals surface area contributed by atoms with Crippen molar-refractivity contribution in [3.05, 3.63) is 65.7 Å². The first-order valence-corrected chi connectivity index (χ1v) is 9.85. The first-order valence-electron chi connectivity index (χ1n) is 9.85. The van der Waals surface area contributed by atoms with Gasteiger partial charge in [-0.05, 0) is 25.2 Å². The van der Waals surface area contributed by atoms with Crippen LogP contribution >= 0.6 is 0 Å². The molecule has 2 unspecified atom stereocenters. The minimum Gasteiger partial charge on any atom is -0.378 e. The number of likely N-dealkylation sites (N-methyl/N-ethyl adjacent to an activating group) is 1. The van der Waals surface area contributed by atoms with Gasteiger partial charge in [0, 0.05) is 49.4 Å². The molecule has 2 aromatic rings. The summed E-state index contributed by atoms with van der Waals surface area (Å²) in [5.74, 6) is -0.0496. The predicted octanol–water partition coefficient (Wildman–Crippen LogP) is 2.32. The van der Waals surface area contributed by atoms with Gasteiger partial charge >= 0.3 is 0 Å². The van der Waals surface area contributed by atoms with Crippen LogP contribution in [0.15, 0.2) is 54.6 Å². The molecule has 4 rings (SSSR count). The quantitative estimate of drug-likeness (QED) is 0.832. The highest BCUT2D eigenvalue weighted by atomic mass is 16.5. The standard InChI is InChI=1S/C22H27N3O3/c1-23-12-14-24(15-13-23)20(26)11-16-28-22-19-10-6-5-9-18(19)21(27)25(22)17-7-3-2-4-8-17/h2-10,20,22,26H,11-16H2,1H3. The van der Waals surface area contributed by atoms with E-state index in [1.54, 1.807) is 4.90 Å². The average Bonchev–Trinajstić information content (AvgIpc) is 3.01. The number of anilines is 1. The third kappa shape index (κ3) is 3.82. The van der Waals surface area contributed by atoms with Crippen molar-refractivity contribution in [1.29, 1.82) is 0 Å². The Morgan fingerprint density at radius 2 is 1.71 bits per heavy atom. The number of fused-ring (bicyclic) bond motifs is 1. The summed E-state index contributed by atoms with van der Waals surface area (Å²) in [6.45, 7) is 4.02. The molecule has 0 radical (unpaired) electrons. The zero-order chi connectivity index (χ0) is 19.5.